The van der Waals surface area contributed by atoms with Gasteiger partial charge < -0.3 is 9.47 Å². The Hall–Kier alpha value is -4.39. The number of carbonyl (C=O) groups is 3. The lowest BCUT2D eigenvalue weighted by Crippen LogP contribution is -2.41. The van der Waals surface area contributed by atoms with Crippen molar-refractivity contribution in [1.82, 2.24) is 10.4 Å². The zero-order valence-electron chi connectivity index (χ0n) is 17.3. The number of nitrogens with zero attached hydrogens (tertiary/aromatic N) is 1. The van der Waals surface area contributed by atoms with Gasteiger partial charge in [0.1, 0.15) is 23.7 Å². The fourth-order valence-electron chi connectivity index (χ4n) is 3.13. The quantitative estimate of drug-likeness (QED) is 0.370. The molecule has 1 fully saturated rings. The zero-order chi connectivity index (χ0) is 22.5. The number of imide groups is 1. The maximum atomic E-state index is 12.7. The van der Waals surface area contributed by atoms with Crippen LogP contribution in [0.15, 0.2) is 84.4 Å². The molecule has 0 spiro atoms. The topological polar surface area (TPSA) is 84.9 Å². The van der Waals surface area contributed by atoms with Crippen molar-refractivity contribution >= 4 is 23.8 Å². The van der Waals surface area contributed by atoms with Crippen molar-refractivity contribution in [2.75, 3.05) is 7.11 Å². The first-order valence-corrected chi connectivity index (χ1v) is 9.87. The largest absolute Gasteiger partial charge is 0.497 e. The van der Waals surface area contributed by atoms with Crippen molar-refractivity contribution in [3.05, 3.63) is 101 Å². The molecule has 1 heterocycles. The SMILES string of the molecule is COc1ccc(C(=O)N2NC(=O)/C(=C\c3ccc(OCc4ccccc4)cc3)C2=O)cc1. The van der Waals surface area contributed by atoms with Crippen molar-refractivity contribution in [1.29, 1.82) is 0 Å². The van der Waals surface area contributed by atoms with Gasteiger partial charge in [0.25, 0.3) is 17.7 Å². The lowest BCUT2D eigenvalue weighted by atomic mass is 10.1. The van der Waals surface area contributed by atoms with Gasteiger partial charge in [-0.05, 0) is 53.6 Å². The van der Waals surface area contributed by atoms with Gasteiger partial charge in [-0.1, -0.05) is 42.5 Å². The molecule has 0 aliphatic carbocycles. The number of benzene rings is 3. The first-order chi connectivity index (χ1) is 15.5. The summed E-state index contributed by atoms with van der Waals surface area (Å²) in [6.07, 6.45) is 1.44. The Bertz CT molecular complexity index is 1170. The van der Waals surface area contributed by atoms with Crippen LogP contribution in [0.2, 0.25) is 0 Å². The van der Waals surface area contributed by atoms with E-state index in [0.29, 0.717) is 28.7 Å². The number of rotatable bonds is 6. The Morgan fingerprint density at radius 1 is 0.906 bits per heavy atom. The van der Waals surface area contributed by atoms with Crippen LogP contribution in [0.3, 0.4) is 0 Å². The maximum absolute atomic E-state index is 12.7. The Labute approximate surface area is 184 Å². The molecule has 7 nitrogen and oxygen atoms in total. The number of ether oxygens (including phenoxy) is 2. The second-order valence-corrected chi connectivity index (χ2v) is 7.02. The average molecular weight is 428 g/mol. The summed E-state index contributed by atoms with van der Waals surface area (Å²) in [6.45, 7) is 0.435. The molecule has 160 valence electrons. The van der Waals surface area contributed by atoms with E-state index in [1.54, 1.807) is 36.4 Å². The van der Waals surface area contributed by atoms with Crippen LogP contribution in [0, 0.1) is 0 Å². The summed E-state index contributed by atoms with van der Waals surface area (Å²) in [5, 5.41) is 0.716. The molecule has 1 aliphatic rings. The summed E-state index contributed by atoms with van der Waals surface area (Å²) in [5.41, 5.74) is 4.13. The molecule has 0 bridgehead atoms. The molecular weight excluding hydrogens is 408 g/mol. The lowest BCUT2D eigenvalue weighted by Gasteiger charge is -2.12. The molecule has 4 rings (SSSR count). The minimum Gasteiger partial charge on any atom is -0.497 e. The summed E-state index contributed by atoms with van der Waals surface area (Å²) in [5.74, 6) is -0.731. The molecule has 0 atom stereocenters. The smallest absolute Gasteiger partial charge is 0.285 e. The third-order valence-corrected chi connectivity index (χ3v) is 4.87. The fourth-order valence-corrected chi connectivity index (χ4v) is 3.13. The standard InChI is InChI=1S/C25H20N2O5/c1-31-20-13-9-19(10-14-20)24(29)27-25(30)22(23(28)26-27)15-17-7-11-21(12-8-17)32-16-18-5-3-2-4-6-18/h2-15H,16H2,1H3,(H,26,28)/b22-15+. The molecule has 0 aromatic heterocycles. The van der Waals surface area contributed by atoms with E-state index in [2.05, 4.69) is 5.43 Å². The van der Waals surface area contributed by atoms with Crippen LogP contribution in [0.1, 0.15) is 21.5 Å². The molecule has 3 aromatic carbocycles. The average Bonchev–Trinajstić information content (AvgIpc) is 3.12. The van der Waals surface area contributed by atoms with Gasteiger partial charge in [-0.15, -0.1) is 0 Å². The normalized spacial score (nSPS) is 14.4. The van der Waals surface area contributed by atoms with Crippen molar-refractivity contribution in [2.45, 2.75) is 6.61 Å². The second kappa shape index (κ2) is 9.18. The van der Waals surface area contributed by atoms with Gasteiger partial charge in [0, 0.05) is 5.56 Å². The molecule has 1 N–H and O–H groups in total. The molecule has 1 aliphatic heterocycles. The number of hydrazine groups is 1. The van der Waals surface area contributed by atoms with E-state index in [9.17, 15) is 14.4 Å². The second-order valence-electron chi connectivity index (χ2n) is 7.02. The highest BCUT2D eigenvalue weighted by molar-refractivity contribution is 6.30. The minimum absolute atomic E-state index is 0.121. The first kappa shape index (κ1) is 20.9. The van der Waals surface area contributed by atoms with E-state index in [4.69, 9.17) is 9.47 Å². The molecule has 1 saturated heterocycles. The van der Waals surface area contributed by atoms with Crippen LogP contribution in [0.4, 0.5) is 0 Å². The number of carbonyl (C=O) groups excluding carboxylic acids is 3. The third-order valence-electron chi connectivity index (χ3n) is 4.87. The van der Waals surface area contributed by atoms with E-state index >= 15 is 0 Å². The van der Waals surface area contributed by atoms with Gasteiger partial charge in [0.2, 0.25) is 0 Å². The van der Waals surface area contributed by atoms with E-state index in [1.807, 2.05) is 30.3 Å². The van der Waals surface area contributed by atoms with Crippen LogP contribution in [0.25, 0.3) is 6.08 Å². The summed E-state index contributed by atoms with van der Waals surface area (Å²) in [4.78, 5) is 37.7. The van der Waals surface area contributed by atoms with Gasteiger partial charge in [-0.3, -0.25) is 19.8 Å². The van der Waals surface area contributed by atoms with Crippen LogP contribution in [0.5, 0.6) is 11.5 Å². The van der Waals surface area contributed by atoms with Gasteiger partial charge in [0.15, 0.2) is 0 Å². The summed E-state index contributed by atoms with van der Waals surface area (Å²) in [7, 11) is 1.51. The Balaban J connectivity index is 1.44. The summed E-state index contributed by atoms with van der Waals surface area (Å²) in [6, 6.07) is 23.0. The molecule has 0 unspecified atom stereocenters. The highest BCUT2D eigenvalue weighted by Gasteiger charge is 2.37. The van der Waals surface area contributed by atoms with Crippen LogP contribution in [-0.4, -0.2) is 29.8 Å². The fraction of sp³-hybridized carbons (Fsp3) is 0.0800. The molecule has 3 amide bonds. The van der Waals surface area contributed by atoms with E-state index < -0.39 is 17.7 Å². The molecule has 0 radical (unpaired) electrons. The van der Waals surface area contributed by atoms with E-state index in [1.165, 1.54) is 25.3 Å². The molecular formula is C25H20N2O5. The van der Waals surface area contributed by atoms with Crippen molar-refractivity contribution < 1.29 is 23.9 Å². The number of hydrogen-bond acceptors (Lipinski definition) is 5. The number of methoxy groups -OCH3 is 1. The van der Waals surface area contributed by atoms with Crippen LogP contribution in [-0.2, 0) is 16.2 Å². The third kappa shape index (κ3) is 4.52. The van der Waals surface area contributed by atoms with Crippen molar-refractivity contribution in [3.8, 4) is 11.5 Å². The number of hydrogen-bond donors (Lipinski definition) is 1. The molecule has 32 heavy (non-hydrogen) atoms. The monoisotopic (exact) mass is 428 g/mol. The van der Waals surface area contributed by atoms with Gasteiger partial charge in [-0.2, -0.15) is 5.01 Å². The molecule has 0 saturated carbocycles. The van der Waals surface area contributed by atoms with Crippen LogP contribution >= 0.6 is 0 Å². The van der Waals surface area contributed by atoms with Gasteiger partial charge in [-0.25, -0.2) is 0 Å². The van der Waals surface area contributed by atoms with E-state index in [0.717, 1.165) is 5.56 Å². The van der Waals surface area contributed by atoms with Gasteiger partial charge in [0.05, 0.1) is 7.11 Å². The predicted octanol–water partition coefficient (Wildman–Crippen LogP) is 3.37. The minimum atomic E-state index is -0.708. The summed E-state index contributed by atoms with van der Waals surface area (Å²) >= 11 is 0. The first-order valence-electron chi connectivity index (χ1n) is 9.87. The maximum Gasteiger partial charge on any atom is 0.285 e. The predicted molar refractivity (Wildman–Crippen MR) is 118 cm³/mol. The highest BCUT2D eigenvalue weighted by Crippen LogP contribution is 2.20. The Kier molecular flexibility index (Phi) is 5.98. The van der Waals surface area contributed by atoms with E-state index in [-0.39, 0.29) is 11.1 Å². The molecule has 7 heteroatoms. The number of nitrogens with one attached hydrogen (secondary N) is 1. The Morgan fingerprint density at radius 2 is 1.56 bits per heavy atom. The molecule has 3 aromatic rings. The van der Waals surface area contributed by atoms with Gasteiger partial charge >= 0.3 is 0 Å². The van der Waals surface area contributed by atoms with Crippen molar-refractivity contribution in [3.63, 3.8) is 0 Å². The highest BCUT2D eigenvalue weighted by atomic mass is 16.5. The zero-order valence-corrected chi connectivity index (χ0v) is 17.3. The number of amides is 3. The summed E-state index contributed by atoms with van der Waals surface area (Å²) < 4.78 is 10.8. The lowest BCUT2D eigenvalue weighted by molar-refractivity contribution is -0.125. The Morgan fingerprint density at radius 3 is 2.22 bits per heavy atom. The van der Waals surface area contributed by atoms with Crippen LogP contribution < -0.4 is 14.9 Å². The van der Waals surface area contributed by atoms with Crippen molar-refractivity contribution in [2.24, 2.45) is 0 Å².